The van der Waals surface area contributed by atoms with Gasteiger partial charge < -0.3 is 5.73 Å². The fourth-order valence-electron chi connectivity index (χ4n) is 1.03. The second kappa shape index (κ2) is 5.79. The van der Waals surface area contributed by atoms with Gasteiger partial charge in [0.25, 0.3) is 0 Å². The van der Waals surface area contributed by atoms with Crippen LogP contribution in [0.5, 0.6) is 0 Å². The molecule has 0 aromatic heterocycles. The Morgan fingerprint density at radius 1 is 1.23 bits per heavy atom. The second-order valence-electron chi connectivity index (χ2n) is 2.88. The summed E-state index contributed by atoms with van der Waals surface area (Å²) in [7, 11) is 0. The summed E-state index contributed by atoms with van der Waals surface area (Å²) in [4.78, 5) is 0. The van der Waals surface area contributed by atoms with Crippen LogP contribution in [0.15, 0.2) is 30.3 Å². The van der Waals surface area contributed by atoms with E-state index in [0.29, 0.717) is 0 Å². The molecule has 0 radical (unpaired) electrons. The van der Waals surface area contributed by atoms with Gasteiger partial charge in [-0.1, -0.05) is 35.9 Å². The molecule has 0 aliphatic rings. The molecule has 0 heterocycles. The highest BCUT2D eigenvalue weighted by molar-refractivity contribution is 6.30. The quantitative estimate of drug-likeness (QED) is 0.735. The third-order valence-corrected chi connectivity index (χ3v) is 2.01. The minimum atomic E-state index is 0.755. The molecule has 0 spiro atoms. The largest absolute Gasteiger partial charge is 0.330 e. The lowest BCUT2D eigenvalue weighted by molar-refractivity contribution is 0.857. The van der Waals surface area contributed by atoms with Crippen LogP contribution in [0.1, 0.15) is 18.4 Å². The van der Waals surface area contributed by atoms with Crippen molar-refractivity contribution in [3.8, 4) is 0 Å². The minimum absolute atomic E-state index is 0.755. The van der Waals surface area contributed by atoms with Crippen LogP contribution in [0.25, 0.3) is 6.08 Å². The van der Waals surface area contributed by atoms with Crippen LogP contribution in [-0.4, -0.2) is 6.54 Å². The van der Waals surface area contributed by atoms with Gasteiger partial charge in [0.05, 0.1) is 0 Å². The molecule has 2 N–H and O–H groups in total. The van der Waals surface area contributed by atoms with Crippen LogP contribution >= 0.6 is 11.6 Å². The molecule has 0 bridgehead atoms. The number of rotatable bonds is 4. The Bertz CT molecular complexity index is 264. The Kier molecular flexibility index (Phi) is 4.58. The highest BCUT2D eigenvalue weighted by Crippen LogP contribution is 2.10. The van der Waals surface area contributed by atoms with Crippen LogP contribution in [0, 0.1) is 0 Å². The molecule has 0 amide bonds. The second-order valence-corrected chi connectivity index (χ2v) is 3.32. The van der Waals surface area contributed by atoms with Gasteiger partial charge in [0.1, 0.15) is 0 Å². The van der Waals surface area contributed by atoms with E-state index in [0.717, 1.165) is 24.4 Å². The highest BCUT2D eigenvalue weighted by Gasteiger charge is 1.86. The zero-order valence-corrected chi connectivity index (χ0v) is 8.30. The highest BCUT2D eigenvalue weighted by atomic mass is 35.5. The van der Waals surface area contributed by atoms with E-state index in [2.05, 4.69) is 12.2 Å². The van der Waals surface area contributed by atoms with E-state index in [-0.39, 0.29) is 0 Å². The lowest BCUT2D eigenvalue weighted by Crippen LogP contribution is -1.96. The summed E-state index contributed by atoms with van der Waals surface area (Å²) in [6.45, 7) is 0.755. The summed E-state index contributed by atoms with van der Waals surface area (Å²) in [5, 5.41) is 0.777. The Hall–Kier alpha value is -0.790. The topological polar surface area (TPSA) is 26.0 Å². The van der Waals surface area contributed by atoms with E-state index < -0.39 is 0 Å². The number of allylic oxidation sites excluding steroid dienone is 1. The molecule has 0 fully saturated rings. The molecule has 1 nitrogen and oxygen atoms in total. The SMILES string of the molecule is NCCC/C=C/c1ccc(Cl)cc1. The van der Waals surface area contributed by atoms with Crippen molar-refractivity contribution in [1.29, 1.82) is 0 Å². The fraction of sp³-hybridized carbons (Fsp3) is 0.273. The van der Waals surface area contributed by atoms with Crippen LogP contribution in [0.2, 0.25) is 5.02 Å². The number of benzene rings is 1. The zero-order chi connectivity index (χ0) is 9.52. The number of hydrogen-bond donors (Lipinski definition) is 1. The molecule has 70 valence electrons. The molecule has 1 rings (SSSR count). The van der Waals surface area contributed by atoms with Crippen molar-refractivity contribution in [2.45, 2.75) is 12.8 Å². The molecule has 0 saturated heterocycles. The standard InChI is InChI=1S/C11H14ClN/c12-11-7-5-10(6-8-11)4-2-1-3-9-13/h2,4-8H,1,3,9,13H2/b4-2+. The first kappa shape index (κ1) is 10.3. The first-order valence-corrected chi connectivity index (χ1v) is 4.83. The normalized spacial score (nSPS) is 10.9. The van der Waals surface area contributed by atoms with Gasteiger partial charge in [-0.15, -0.1) is 0 Å². The summed E-state index contributed by atoms with van der Waals surface area (Å²) >= 11 is 5.75. The number of unbranched alkanes of at least 4 members (excludes halogenated alkanes) is 1. The maximum absolute atomic E-state index is 5.75. The zero-order valence-electron chi connectivity index (χ0n) is 7.54. The Morgan fingerprint density at radius 3 is 2.54 bits per heavy atom. The van der Waals surface area contributed by atoms with Crippen molar-refractivity contribution < 1.29 is 0 Å². The summed E-state index contributed by atoms with van der Waals surface area (Å²) in [5.41, 5.74) is 6.56. The monoisotopic (exact) mass is 195 g/mol. The Labute approximate surface area is 84.2 Å². The maximum Gasteiger partial charge on any atom is 0.0406 e. The number of nitrogens with two attached hydrogens (primary N) is 1. The third kappa shape index (κ3) is 4.11. The van der Waals surface area contributed by atoms with Crippen molar-refractivity contribution in [1.82, 2.24) is 0 Å². The van der Waals surface area contributed by atoms with Crippen molar-refractivity contribution in [2.75, 3.05) is 6.54 Å². The van der Waals surface area contributed by atoms with Gasteiger partial charge in [0, 0.05) is 5.02 Å². The fourth-order valence-corrected chi connectivity index (χ4v) is 1.15. The van der Waals surface area contributed by atoms with Crippen molar-refractivity contribution >= 4 is 17.7 Å². The molecule has 13 heavy (non-hydrogen) atoms. The average Bonchev–Trinajstić information content (AvgIpc) is 2.15. The molecule has 1 aromatic rings. The smallest absolute Gasteiger partial charge is 0.0406 e. The van der Waals surface area contributed by atoms with E-state index in [1.54, 1.807) is 0 Å². The van der Waals surface area contributed by atoms with E-state index in [1.165, 1.54) is 5.56 Å². The van der Waals surface area contributed by atoms with E-state index >= 15 is 0 Å². The summed E-state index contributed by atoms with van der Waals surface area (Å²) < 4.78 is 0. The molecule has 1 aromatic carbocycles. The van der Waals surface area contributed by atoms with E-state index in [9.17, 15) is 0 Å². The van der Waals surface area contributed by atoms with Crippen LogP contribution in [0.4, 0.5) is 0 Å². The molecule has 0 atom stereocenters. The van der Waals surface area contributed by atoms with Crippen LogP contribution in [0.3, 0.4) is 0 Å². The van der Waals surface area contributed by atoms with Gasteiger partial charge in [-0.25, -0.2) is 0 Å². The van der Waals surface area contributed by atoms with Gasteiger partial charge in [0.15, 0.2) is 0 Å². The van der Waals surface area contributed by atoms with E-state index in [4.69, 9.17) is 17.3 Å². The summed E-state index contributed by atoms with van der Waals surface area (Å²) in [6.07, 6.45) is 6.31. The van der Waals surface area contributed by atoms with E-state index in [1.807, 2.05) is 24.3 Å². The lowest BCUT2D eigenvalue weighted by Gasteiger charge is -1.93. The molecule has 0 saturated carbocycles. The molecule has 2 heteroatoms. The van der Waals surface area contributed by atoms with Crippen molar-refractivity contribution in [3.63, 3.8) is 0 Å². The minimum Gasteiger partial charge on any atom is -0.330 e. The van der Waals surface area contributed by atoms with Gasteiger partial charge in [0.2, 0.25) is 0 Å². The predicted octanol–water partition coefficient (Wildman–Crippen LogP) is 3.09. The third-order valence-electron chi connectivity index (χ3n) is 1.76. The number of hydrogen-bond acceptors (Lipinski definition) is 1. The molecule has 0 aliphatic carbocycles. The van der Waals surface area contributed by atoms with Crippen molar-refractivity contribution in [2.24, 2.45) is 5.73 Å². The number of halogens is 1. The van der Waals surface area contributed by atoms with Gasteiger partial charge in [-0.05, 0) is 37.1 Å². The molecule has 0 aliphatic heterocycles. The van der Waals surface area contributed by atoms with Gasteiger partial charge in [-0.2, -0.15) is 0 Å². The average molecular weight is 196 g/mol. The Morgan fingerprint density at radius 2 is 1.92 bits per heavy atom. The predicted molar refractivity (Wildman–Crippen MR) is 58.8 cm³/mol. The Balaban J connectivity index is 2.44. The van der Waals surface area contributed by atoms with Crippen LogP contribution < -0.4 is 5.73 Å². The van der Waals surface area contributed by atoms with Gasteiger partial charge >= 0.3 is 0 Å². The summed E-state index contributed by atoms with van der Waals surface area (Å²) in [5.74, 6) is 0. The lowest BCUT2D eigenvalue weighted by atomic mass is 10.2. The van der Waals surface area contributed by atoms with Crippen molar-refractivity contribution in [3.05, 3.63) is 40.9 Å². The first-order valence-electron chi connectivity index (χ1n) is 4.45. The maximum atomic E-state index is 5.75. The molecule has 0 unspecified atom stereocenters. The first-order chi connectivity index (χ1) is 6.33. The van der Waals surface area contributed by atoms with Crippen LogP contribution in [-0.2, 0) is 0 Å². The molecular weight excluding hydrogens is 182 g/mol. The molecular formula is C11H14ClN. The van der Waals surface area contributed by atoms with Gasteiger partial charge in [-0.3, -0.25) is 0 Å². The summed E-state index contributed by atoms with van der Waals surface area (Å²) in [6, 6.07) is 7.79.